The maximum absolute atomic E-state index is 10.6. The van der Waals surface area contributed by atoms with E-state index in [-0.39, 0.29) is 5.69 Å². The molecule has 0 aliphatic rings. The van der Waals surface area contributed by atoms with E-state index < -0.39 is 16.6 Å². The Morgan fingerprint density at radius 2 is 2.23 bits per heavy atom. The van der Waals surface area contributed by atoms with Crippen molar-refractivity contribution in [2.45, 2.75) is 0 Å². The zero-order valence-electron chi connectivity index (χ0n) is 6.23. The van der Waals surface area contributed by atoms with Crippen LogP contribution in [0.3, 0.4) is 0 Å². The highest BCUT2D eigenvalue weighted by atomic mass is 79.9. The van der Waals surface area contributed by atoms with E-state index in [0.717, 1.165) is 0 Å². The van der Waals surface area contributed by atoms with Crippen molar-refractivity contribution >= 4 is 27.7 Å². The fraction of sp³-hybridized carbons (Fsp3) is 0. The number of aromatic nitrogens is 1. The van der Waals surface area contributed by atoms with Crippen LogP contribution in [0.25, 0.3) is 0 Å². The van der Waals surface area contributed by atoms with Crippen LogP contribution in [0.1, 0.15) is 10.5 Å². The van der Waals surface area contributed by atoms with Crippen LogP contribution in [0.2, 0.25) is 0 Å². The Bertz CT molecular complexity index is 347. The summed E-state index contributed by atoms with van der Waals surface area (Å²) in [7, 11) is 0. The number of carbonyl (C=O) groups excluding carboxylic acids is 1. The van der Waals surface area contributed by atoms with Gasteiger partial charge in [0, 0.05) is 10.5 Å². The highest BCUT2D eigenvalue weighted by Crippen LogP contribution is 2.17. The molecule has 13 heavy (non-hydrogen) atoms. The SMILES string of the molecule is NC(=O)c1cc(Br)cc([N+](=O)[O-])n1. The standard InChI is InChI=1S/C6H4BrN3O3/c7-3-1-4(6(8)11)9-5(2-3)10(12)13/h1-2H,(H2,8,11). The van der Waals surface area contributed by atoms with Crippen LogP contribution in [0.15, 0.2) is 16.6 Å². The van der Waals surface area contributed by atoms with Gasteiger partial charge in [0.25, 0.3) is 5.91 Å². The molecule has 0 saturated carbocycles. The van der Waals surface area contributed by atoms with E-state index in [2.05, 4.69) is 20.9 Å². The van der Waals surface area contributed by atoms with Gasteiger partial charge in [-0.15, -0.1) is 0 Å². The predicted molar refractivity (Wildman–Crippen MR) is 47.1 cm³/mol. The lowest BCUT2D eigenvalue weighted by molar-refractivity contribution is -0.389. The van der Waals surface area contributed by atoms with Gasteiger partial charge >= 0.3 is 5.82 Å². The number of hydrogen-bond donors (Lipinski definition) is 1. The molecule has 1 aromatic heterocycles. The molecule has 0 saturated heterocycles. The maximum Gasteiger partial charge on any atom is 0.365 e. The Hall–Kier alpha value is -1.50. The van der Waals surface area contributed by atoms with Crippen LogP contribution >= 0.6 is 15.9 Å². The number of nitrogens with zero attached hydrogens (tertiary/aromatic N) is 2. The number of halogens is 1. The van der Waals surface area contributed by atoms with Gasteiger partial charge < -0.3 is 15.8 Å². The Kier molecular flexibility index (Phi) is 2.57. The lowest BCUT2D eigenvalue weighted by atomic mass is 10.3. The topological polar surface area (TPSA) is 99.1 Å². The lowest BCUT2D eigenvalue weighted by Gasteiger charge is -1.94. The van der Waals surface area contributed by atoms with E-state index in [0.29, 0.717) is 4.47 Å². The maximum atomic E-state index is 10.6. The van der Waals surface area contributed by atoms with Crippen LogP contribution in [0, 0.1) is 10.1 Å². The third-order valence-electron chi connectivity index (χ3n) is 1.22. The molecule has 0 aliphatic heterocycles. The van der Waals surface area contributed by atoms with Gasteiger partial charge in [0.05, 0.1) is 6.07 Å². The molecule has 1 rings (SSSR count). The third kappa shape index (κ3) is 2.22. The van der Waals surface area contributed by atoms with E-state index in [1.807, 2.05) is 0 Å². The Morgan fingerprint density at radius 1 is 1.62 bits per heavy atom. The first kappa shape index (κ1) is 9.59. The quantitative estimate of drug-likeness (QED) is 0.617. The molecule has 0 aromatic carbocycles. The minimum Gasteiger partial charge on any atom is -0.362 e. The zero-order valence-corrected chi connectivity index (χ0v) is 7.82. The van der Waals surface area contributed by atoms with Crippen molar-refractivity contribution < 1.29 is 9.72 Å². The Balaban J connectivity index is 3.26. The second-order valence-electron chi connectivity index (χ2n) is 2.15. The fourth-order valence-corrected chi connectivity index (χ4v) is 1.12. The first-order valence-corrected chi connectivity index (χ1v) is 3.92. The summed E-state index contributed by atoms with van der Waals surface area (Å²) in [6, 6.07) is 2.50. The Morgan fingerprint density at radius 3 is 2.69 bits per heavy atom. The molecule has 0 bridgehead atoms. The molecule has 1 amide bonds. The highest BCUT2D eigenvalue weighted by molar-refractivity contribution is 9.10. The second kappa shape index (κ2) is 3.48. The summed E-state index contributed by atoms with van der Waals surface area (Å²) in [5.41, 5.74) is 4.77. The van der Waals surface area contributed by atoms with Gasteiger partial charge in [-0.05, 0) is 9.91 Å². The molecular weight excluding hydrogens is 242 g/mol. The largest absolute Gasteiger partial charge is 0.365 e. The van der Waals surface area contributed by atoms with Crippen molar-refractivity contribution in [3.05, 3.63) is 32.4 Å². The molecule has 7 heteroatoms. The van der Waals surface area contributed by atoms with Crippen molar-refractivity contribution in [2.24, 2.45) is 5.73 Å². The normalized spacial score (nSPS) is 9.62. The number of nitrogens with two attached hydrogens (primary N) is 1. The molecule has 1 heterocycles. The average molecular weight is 246 g/mol. The fourth-order valence-electron chi connectivity index (χ4n) is 0.703. The van der Waals surface area contributed by atoms with Gasteiger partial charge in [-0.2, -0.15) is 0 Å². The molecule has 6 nitrogen and oxygen atoms in total. The van der Waals surface area contributed by atoms with Gasteiger partial charge in [0.1, 0.15) is 0 Å². The summed E-state index contributed by atoms with van der Waals surface area (Å²) >= 11 is 3.00. The number of amides is 1. The summed E-state index contributed by atoms with van der Waals surface area (Å²) in [5, 5.41) is 10.3. The zero-order chi connectivity index (χ0) is 10.0. The summed E-state index contributed by atoms with van der Waals surface area (Å²) in [5.74, 6) is -1.22. The first-order valence-electron chi connectivity index (χ1n) is 3.12. The van der Waals surface area contributed by atoms with Gasteiger partial charge in [-0.25, -0.2) is 0 Å². The number of primary amides is 1. The number of nitro groups is 1. The van der Waals surface area contributed by atoms with Crippen LogP contribution in [-0.2, 0) is 0 Å². The van der Waals surface area contributed by atoms with Crippen LogP contribution in [0.5, 0.6) is 0 Å². The van der Waals surface area contributed by atoms with E-state index in [1.54, 1.807) is 0 Å². The summed E-state index contributed by atoms with van der Waals surface area (Å²) in [4.78, 5) is 23.7. The van der Waals surface area contributed by atoms with Crippen molar-refractivity contribution in [3.63, 3.8) is 0 Å². The van der Waals surface area contributed by atoms with Crippen molar-refractivity contribution in [2.75, 3.05) is 0 Å². The van der Waals surface area contributed by atoms with Gasteiger partial charge in [0.15, 0.2) is 0 Å². The Labute approximate surface area is 81.0 Å². The smallest absolute Gasteiger partial charge is 0.362 e. The number of carbonyl (C=O) groups is 1. The molecule has 68 valence electrons. The van der Waals surface area contributed by atoms with Crippen molar-refractivity contribution in [3.8, 4) is 0 Å². The van der Waals surface area contributed by atoms with Crippen LogP contribution in [0.4, 0.5) is 5.82 Å². The van der Waals surface area contributed by atoms with Crippen molar-refractivity contribution in [1.82, 2.24) is 4.98 Å². The number of rotatable bonds is 2. The van der Waals surface area contributed by atoms with E-state index in [4.69, 9.17) is 5.73 Å². The average Bonchev–Trinajstić information content (AvgIpc) is 2.03. The monoisotopic (exact) mass is 245 g/mol. The molecule has 0 spiro atoms. The summed E-state index contributed by atoms with van der Waals surface area (Å²) < 4.78 is 0.392. The number of pyridine rings is 1. The molecule has 0 fully saturated rings. The lowest BCUT2D eigenvalue weighted by Crippen LogP contribution is -2.13. The minimum atomic E-state index is -0.801. The highest BCUT2D eigenvalue weighted by Gasteiger charge is 2.15. The molecular formula is C6H4BrN3O3. The molecule has 0 radical (unpaired) electrons. The molecule has 0 atom stereocenters. The molecule has 1 aromatic rings. The summed E-state index contributed by atoms with van der Waals surface area (Å²) in [6.07, 6.45) is 0. The predicted octanol–water partition coefficient (Wildman–Crippen LogP) is 0.851. The van der Waals surface area contributed by atoms with Gasteiger partial charge in [0.2, 0.25) is 5.69 Å². The van der Waals surface area contributed by atoms with Gasteiger partial charge in [-0.1, -0.05) is 15.9 Å². The minimum absolute atomic E-state index is 0.138. The van der Waals surface area contributed by atoms with Gasteiger partial charge in [-0.3, -0.25) is 4.79 Å². The third-order valence-corrected chi connectivity index (χ3v) is 1.67. The summed E-state index contributed by atoms with van der Waals surface area (Å²) in [6.45, 7) is 0. The van der Waals surface area contributed by atoms with E-state index in [1.165, 1.54) is 12.1 Å². The second-order valence-corrected chi connectivity index (χ2v) is 3.07. The van der Waals surface area contributed by atoms with Crippen molar-refractivity contribution in [1.29, 1.82) is 0 Å². The first-order chi connectivity index (χ1) is 6.00. The molecule has 0 unspecified atom stereocenters. The molecule has 2 N–H and O–H groups in total. The van der Waals surface area contributed by atoms with Crippen LogP contribution < -0.4 is 5.73 Å². The van der Waals surface area contributed by atoms with E-state index >= 15 is 0 Å². The number of hydrogen-bond acceptors (Lipinski definition) is 4. The van der Waals surface area contributed by atoms with Crippen LogP contribution in [-0.4, -0.2) is 15.8 Å². The van der Waals surface area contributed by atoms with E-state index in [9.17, 15) is 14.9 Å². The molecule has 0 aliphatic carbocycles.